The molecule has 0 heterocycles. The number of hydrogen-bond acceptors (Lipinski definition) is 3. The van der Waals surface area contributed by atoms with Gasteiger partial charge in [0.15, 0.2) is 0 Å². The summed E-state index contributed by atoms with van der Waals surface area (Å²) in [6.07, 6.45) is 3.33. The highest BCUT2D eigenvalue weighted by Crippen LogP contribution is 2.22. The van der Waals surface area contributed by atoms with E-state index in [1.165, 1.54) is 24.0 Å². The van der Waals surface area contributed by atoms with E-state index >= 15 is 0 Å². The van der Waals surface area contributed by atoms with Crippen molar-refractivity contribution < 1.29 is 4.74 Å². The highest BCUT2D eigenvalue weighted by atomic mass is 16.5. The van der Waals surface area contributed by atoms with E-state index in [1.54, 1.807) is 0 Å². The topological polar surface area (TPSA) is 38.5 Å². The Morgan fingerprint density at radius 3 is 2.38 bits per heavy atom. The number of hydrogen-bond donors (Lipinski definition) is 1. The molecule has 3 nitrogen and oxygen atoms in total. The largest absolute Gasteiger partial charge is 0.493 e. The Morgan fingerprint density at radius 1 is 1.04 bits per heavy atom. The standard InChI is InChI=1S/C21H30N2O/c1-3-4-15-23(2)21(17-22)19-10-12-20(13-11-19)24-16-14-18-8-6-5-7-9-18/h5-13,21H,3-4,14-17,22H2,1-2H3. The van der Waals surface area contributed by atoms with Crippen molar-refractivity contribution in [1.82, 2.24) is 4.90 Å². The SMILES string of the molecule is CCCCN(C)C(CN)c1ccc(OCCc2ccccc2)cc1. The van der Waals surface area contributed by atoms with Gasteiger partial charge in [0.2, 0.25) is 0 Å². The molecule has 1 unspecified atom stereocenters. The summed E-state index contributed by atoms with van der Waals surface area (Å²) in [5.41, 5.74) is 8.54. The fourth-order valence-electron chi connectivity index (χ4n) is 2.85. The number of ether oxygens (including phenoxy) is 1. The average Bonchev–Trinajstić information content (AvgIpc) is 2.63. The zero-order valence-electron chi connectivity index (χ0n) is 14.9. The van der Waals surface area contributed by atoms with Gasteiger partial charge < -0.3 is 10.5 Å². The van der Waals surface area contributed by atoms with Crippen molar-refractivity contribution in [1.29, 1.82) is 0 Å². The van der Waals surface area contributed by atoms with Crippen LogP contribution in [0.15, 0.2) is 54.6 Å². The number of rotatable bonds is 10. The molecule has 24 heavy (non-hydrogen) atoms. The Hall–Kier alpha value is -1.84. The summed E-state index contributed by atoms with van der Waals surface area (Å²) in [4.78, 5) is 2.34. The molecule has 130 valence electrons. The molecule has 0 radical (unpaired) electrons. The van der Waals surface area contributed by atoms with Crippen LogP contribution >= 0.6 is 0 Å². The van der Waals surface area contributed by atoms with Crippen molar-refractivity contribution in [3.63, 3.8) is 0 Å². The summed E-state index contributed by atoms with van der Waals surface area (Å²) < 4.78 is 5.86. The minimum Gasteiger partial charge on any atom is -0.493 e. The van der Waals surface area contributed by atoms with Gasteiger partial charge in [-0.3, -0.25) is 4.90 Å². The number of unbranched alkanes of at least 4 members (excludes halogenated alkanes) is 1. The first kappa shape index (κ1) is 18.5. The summed E-state index contributed by atoms with van der Waals surface area (Å²) in [6.45, 7) is 4.62. The summed E-state index contributed by atoms with van der Waals surface area (Å²) in [5, 5.41) is 0. The van der Waals surface area contributed by atoms with E-state index in [-0.39, 0.29) is 6.04 Å². The third kappa shape index (κ3) is 5.66. The van der Waals surface area contributed by atoms with Gasteiger partial charge in [-0.25, -0.2) is 0 Å². The number of benzene rings is 2. The number of nitrogens with two attached hydrogens (primary N) is 1. The second-order valence-corrected chi connectivity index (χ2v) is 6.24. The van der Waals surface area contributed by atoms with E-state index in [9.17, 15) is 0 Å². The van der Waals surface area contributed by atoms with Crippen LogP contribution in [0.5, 0.6) is 5.75 Å². The van der Waals surface area contributed by atoms with Gasteiger partial charge in [-0.2, -0.15) is 0 Å². The molecule has 0 bridgehead atoms. The van der Waals surface area contributed by atoms with Gasteiger partial charge in [-0.1, -0.05) is 55.8 Å². The molecule has 2 aromatic rings. The highest BCUT2D eigenvalue weighted by molar-refractivity contribution is 5.29. The lowest BCUT2D eigenvalue weighted by Crippen LogP contribution is -2.31. The molecule has 0 spiro atoms. The van der Waals surface area contributed by atoms with E-state index in [0.717, 1.165) is 18.7 Å². The van der Waals surface area contributed by atoms with Crippen molar-refractivity contribution in [2.45, 2.75) is 32.2 Å². The zero-order valence-corrected chi connectivity index (χ0v) is 14.9. The van der Waals surface area contributed by atoms with Gasteiger partial charge in [0, 0.05) is 19.0 Å². The first-order valence-electron chi connectivity index (χ1n) is 8.91. The maximum Gasteiger partial charge on any atom is 0.119 e. The molecule has 0 aromatic heterocycles. The summed E-state index contributed by atoms with van der Waals surface area (Å²) in [7, 11) is 2.15. The van der Waals surface area contributed by atoms with Crippen LogP contribution in [0.25, 0.3) is 0 Å². The predicted molar refractivity (Wildman–Crippen MR) is 101 cm³/mol. The molecule has 1 atom stereocenters. The predicted octanol–water partition coefficient (Wildman–Crippen LogP) is 4.04. The molecule has 0 saturated heterocycles. The Morgan fingerprint density at radius 2 is 1.75 bits per heavy atom. The Balaban J connectivity index is 1.87. The van der Waals surface area contributed by atoms with E-state index in [2.05, 4.69) is 67.4 Å². The van der Waals surface area contributed by atoms with Crippen LogP contribution < -0.4 is 10.5 Å². The van der Waals surface area contributed by atoms with Crippen LogP contribution in [0.2, 0.25) is 0 Å². The Kier molecular flexibility index (Phi) is 7.80. The van der Waals surface area contributed by atoms with Gasteiger partial charge in [-0.05, 0) is 43.3 Å². The maximum atomic E-state index is 5.99. The molecule has 0 saturated carbocycles. The average molecular weight is 326 g/mol. The summed E-state index contributed by atoms with van der Waals surface area (Å²) in [5.74, 6) is 0.918. The third-order valence-electron chi connectivity index (χ3n) is 4.39. The van der Waals surface area contributed by atoms with E-state index in [0.29, 0.717) is 13.2 Å². The van der Waals surface area contributed by atoms with E-state index < -0.39 is 0 Å². The lowest BCUT2D eigenvalue weighted by atomic mass is 10.1. The Bertz CT molecular complexity index is 568. The minimum absolute atomic E-state index is 0.273. The van der Waals surface area contributed by atoms with Crippen LogP contribution in [0.4, 0.5) is 0 Å². The van der Waals surface area contributed by atoms with Crippen molar-refractivity contribution in [3.8, 4) is 5.75 Å². The molecular weight excluding hydrogens is 296 g/mol. The van der Waals surface area contributed by atoms with Crippen molar-refractivity contribution in [3.05, 3.63) is 65.7 Å². The minimum atomic E-state index is 0.273. The number of nitrogens with zero attached hydrogens (tertiary/aromatic N) is 1. The second kappa shape index (κ2) is 10.1. The summed E-state index contributed by atoms with van der Waals surface area (Å²) >= 11 is 0. The van der Waals surface area contributed by atoms with Gasteiger partial charge in [0.05, 0.1) is 6.61 Å². The van der Waals surface area contributed by atoms with Crippen LogP contribution in [0, 0.1) is 0 Å². The maximum absolute atomic E-state index is 5.99. The van der Waals surface area contributed by atoms with Crippen LogP contribution in [0.1, 0.15) is 36.9 Å². The monoisotopic (exact) mass is 326 g/mol. The molecule has 2 rings (SSSR count). The van der Waals surface area contributed by atoms with Crippen molar-refractivity contribution >= 4 is 0 Å². The van der Waals surface area contributed by atoms with Crippen LogP contribution in [-0.4, -0.2) is 31.6 Å². The molecule has 0 aliphatic heterocycles. The second-order valence-electron chi connectivity index (χ2n) is 6.24. The molecule has 0 amide bonds. The summed E-state index contributed by atoms with van der Waals surface area (Å²) in [6, 6.07) is 19.1. The molecular formula is C21H30N2O. The first-order valence-corrected chi connectivity index (χ1v) is 8.91. The van der Waals surface area contributed by atoms with Crippen molar-refractivity contribution in [2.75, 3.05) is 26.7 Å². The van der Waals surface area contributed by atoms with Crippen molar-refractivity contribution in [2.24, 2.45) is 5.73 Å². The Labute approximate surface area is 146 Å². The van der Waals surface area contributed by atoms with Gasteiger partial charge in [0.1, 0.15) is 5.75 Å². The van der Waals surface area contributed by atoms with Gasteiger partial charge >= 0.3 is 0 Å². The zero-order chi connectivity index (χ0) is 17.2. The quantitative estimate of drug-likeness (QED) is 0.716. The fourth-order valence-corrected chi connectivity index (χ4v) is 2.85. The molecule has 2 aromatic carbocycles. The van der Waals surface area contributed by atoms with Crippen LogP contribution in [0.3, 0.4) is 0 Å². The van der Waals surface area contributed by atoms with E-state index in [1.807, 2.05) is 6.07 Å². The molecule has 0 aliphatic rings. The number of likely N-dealkylation sites (N-methyl/N-ethyl adjacent to an activating group) is 1. The van der Waals surface area contributed by atoms with Crippen LogP contribution in [-0.2, 0) is 6.42 Å². The fraction of sp³-hybridized carbons (Fsp3) is 0.429. The van der Waals surface area contributed by atoms with Gasteiger partial charge in [0.25, 0.3) is 0 Å². The third-order valence-corrected chi connectivity index (χ3v) is 4.39. The molecule has 0 aliphatic carbocycles. The molecule has 2 N–H and O–H groups in total. The normalized spacial score (nSPS) is 12.3. The smallest absolute Gasteiger partial charge is 0.119 e. The lowest BCUT2D eigenvalue weighted by molar-refractivity contribution is 0.246. The van der Waals surface area contributed by atoms with Gasteiger partial charge in [-0.15, -0.1) is 0 Å². The highest BCUT2D eigenvalue weighted by Gasteiger charge is 2.14. The molecule has 0 fully saturated rings. The first-order chi connectivity index (χ1) is 11.7. The lowest BCUT2D eigenvalue weighted by Gasteiger charge is -2.27. The van der Waals surface area contributed by atoms with E-state index in [4.69, 9.17) is 10.5 Å². The molecule has 3 heteroatoms.